The Bertz CT molecular complexity index is 410. The molecule has 0 bridgehead atoms. The van der Waals surface area contributed by atoms with Crippen molar-refractivity contribution in [3.63, 3.8) is 0 Å². The van der Waals surface area contributed by atoms with Gasteiger partial charge >= 0.3 is 0 Å². The van der Waals surface area contributed by atoms with Crippen molar-refractivity contribution in [2.45, 2.75) is 71.4 Å². The van der Waals surface area contributed by atoms with Crippen molar-refractivity contribution < 1.29 is 5.11 Å². The van der Waals surface area contributed by atoms with Gasteiger partial charge in [0.25, 0.3) is 0 Å². The zero-order valence-corrected chi connectivity index (χ0v) is 13.8. The maximum absolute atomic E-state index is 9.87. The van der Waals surface area contributed by atoms with Crippen LogP contribution in [0, 0.1) is 5.92 Å². The van der Waals surface area contributed by atoms with Crippen LogP contribution in [0.2, 0.25) is 0 Å². The lowest BCUT2D eigenvalue weighted by Crippen LogP contribution is -2.34. The summed E-state index contributed by atoms with van der Waals surface area (Å²) in [7, 11) is 0. The second kappa shape index (κ2) is 7.79. The number of nitrogens with zero attached hydrogens (tertiary/aromatic N) is 2. The standard InChI is InChI=1S/C18H30N2O/c1-4-18(21)17-10-9-16(13-19-17)20(12-11-14(2)3)15-7-5-6-8-15/h9-10,13-15,18,21H,4-8,11-12H2,1-3H3/t18-/m1/s1. The van der Waals surface area contributed by atoms with Gasteiger partial charge in [0.2, 0.25) is 0 Å². The van der Waals surface area contributed by atoms with Gasteiger partial charge in [0, 0.05) is 12.6 Å². The molecule has 21 heavy (non-hydrogen) atoms. The van der Waals surface area contributed by atoms with Gasteiger partial charge in [-0.25, -0.2) is 0 Å². The van der Waals surface area contributed by atoms with Crippen LogP contribution < -0.4 is 4.90 Å². The molecule has 3 nitrogen and oxygen atoms in total. The molecule has 0 unspecified atom stereocenters. The Morgan fingerprint density at radius 2 is 2.00 bits per heavy atom. The maximum atomic E-state index is 9.87. The lowest BCUT2D eigenvalue weighted by molar-refractivity contribution is 0.169. The molecule has 0 saturated heterocycles. The molecule has 2 rings (SSSR count). The van der Waals surface area contributed by atoms with Gasteiger partial charge in [-0.3, -0.25) is 4.98 Å². The molecule has 3 heteroatoms. The minimum atomic E-state index is -0.436. The fourth-order valence-electron chi connectivity index (χ4n) is 3.11. The second-order valence-corrected chi connectivity index (χ2v) is 6.68. The molecule has 0 aliphatic heterocycles. The van der Waals surface area contributed by atoms with E-state index in [1.54, 1.807) is 0 Å². The van der Waals surface area contributed by atoms with Crippen molar-refractivity contribution in [1.29, 1.82) is 0 Å². The van der Waals surface area contributed by atoms with E-state index in [4.69, 9.17) is 0 Å². The molecule has 0 spiro atoms. The molecule has 0 radical (unpaired) electrons. The van der Waals surface area contributed by atoms with Crippen LogP contribution in [0.5, 0.6) is 0 Å². The van der Waals surface area contributed by atoms with E-state index in [9.17, 15) is 5.11 Å². The van der Waals surface area contributed by atoms with E-state index < -0.39 is 6.10 Å². The van der Waals surface area contributed by atoms with E-state index in [-0.39, 0.29) is 0 Å². The minimum Gasteiger partial charge on any atom is -0.387 e. The molecule has 1 saturated carbocycles. The van der Waals surface area contributed by atoms with Gasteiger partial charge in [-0.2, -0.15) is 0 Å². The molecule has 118 valence electrons. The van der Waals surface area contributed by atoms with Gasteiger partial charge in [0.05, 0.1) is 23.7 Å². The number of pyridine rings is 1. The SMILES string of the molecule is CC[C@@H](O)c1ccc(N(CCC(C)C)C2CCCC2)cn1. The van der Waals surface area contributed by atoms with Crippen molar-refractivity contribution in [2.75, 3.05) is 11.4 Å². The van der Waals surface area contributed by atoms with Crippen LogP contribution in [0.4, 0.5) is 5.69 Å². The second-order valence-electron chi connectivity index (χ2n) is 6.68. The molecule has 1 aliphatic rings. The summed E-state index contributed by atoms with van der Waals surface area (Å²) >= 11 is 0. The molecular formula is C18H30N2O. The Kier molecular flexibility index (Phi) is 6.04. The highest BCUT2D eigenvalue weighted by molar-refractivity contribution is 5.46. The highest BCUT2D eigenvalue weighted by Gasteiger charge is 2.23. The first kappa shape index (κ1) is 16.3. The third-order valence-electron chi connectivity index (χ3n) is 4.54. The van der Waals surface area contributed by atoms with Crippen LogP contribution in [-0.2, 0) is 0 Å². The van der Waals surface area contributed by atoms with Crippen LogP contribution >= 0.6 is 0 Å². The van der Waals surface area contributed by atoms with Gasteiger partial charge < -0.3 is 10.0 Å². The number of aromatic nitrogens is 1. The fraction of sp³-hybridized carbons (Fsp3) is 0.722. The van der Waals surface area contributed by atoms with Crippen molar-refractivity contribution in [3.05, 3.63) is 24.0 Å². The number of hydrogen-bond donors (Lipinski definition) is 1. The Labute approximate surface area is 129 Å². The first-order valence-corrected chi connectivity index (χ1v) is 8.52. The summed E-state index contributed by atoms with van der Waals surface area (Å²) in [5.41, 5.74) is 2.01. The minimum absolute atomic E-state index is 0.436. The molecule has 1 aromatic rings. The molecular weight excluding hydrogens is 260 g/mol. The molecule has 1 aliphatic carbocycles. The lowest BCUT2D eigenvalue weighted by atomic mass is 10.1. The average molecular weight is 290 g/mol. The number of aliphatic hydroxyl groups excluding tert-OH is 1. The number of anilines is 1. The third kappa shape index (κ3) is 4.44. The molecule has 0 amide bonds. The Hall–Kier alpha value is -1.09. The maximum Gasteiger partial charge on any atom is 0.0957 e. The van der Waals surface area contributed by atoms with E-state index in [1.165, 1.54) is 37.8 Å². The molecule has 1 aromatic heterocycles. The van der Waals surface area contributed by atoms with Crippen molar-refractivity contribution in [2.24, 2.45) is 5.92 Å². The summed E-state index contributed by atoms with van der Waals surface area (Å²) in [6, 6.07) is 4.80. The quantitative estimate of drug-likeness (QED) is 0.812. The topological polar surface area (TPSA) is 36.4 Å². The van der Waals surface area contributed by atoms with E-state index in [2.05, 4.69) is 29.8 Å². The predicted octanol–water partition coefficient (Wildman–Crippen LogP) is 4.32. The molecule has 1 N–H and O–H groups in total. The Balaban J connectivity index is 2.11. The summed E-state index contributed by atoms with van der Waals surface area (Å²) in [5.74, 6) is 0.725. The summed E-state index contributed by atoms with van der Waals surface area (Å²) in [4.78, 5) is 7.02. The molecule has 1 heterocycles. The van der Waals surface area contributed by atoms with Gasteiger partial charge in [-0.05, 0) is 43.7 Å². The van der Waals surface area contributed by atoms with Crippen LogP contribution in [0.1, 0.15) is 71.1 Å². The monoisotopic (exact) mass is 290 g/mol. The lowest BCUT2D eigenvalue weighted by Gasteiger charge is -2.31. The van der Waals surface area contributed by atoms with E-state index in [1.807, 2.05) is 19.2 Å². The van der Waals surface area contributed by atoms with Crippen LogP contribution in [0.3, 0.4) is 0 Å². The fourth-order valence-corrected chi connectivity index (χ4v) is 3.11. The van der Waals surface area contributed by atoms with Crippen molar-refractivity contribution >= 4 is 5.69 Å². The molecule has 0 aromatic carbocycles. The predicted molar refractivity (Wildman–Crippen MR) is 88.5 cm³/mol. The number of rotatable bonds is 7. The highest BCUT2D eigenvalue weighted by Crippen LogP contribution is 2.29. The zero-order chi connectivity index (χ0) is 15.2. The third-order valence-corrected chi connectivity index (χ3v) is 4.54. The van der Waals surface area contributed by atoms with Gasteiger partial charge in [-0.15, -0.1) is 0 Å². The van der Waals surface area contributed by atoms with Crippen molar-refractivity contribution in [1.82, 2.24) is 4.98 Å². The largest absolute Gasteiger partial charge is 0.387 e. The summed E-state index contributed by atoms with van der Waals surface area (Å²) in [6.45, 7) is 7.66. The Morgan fingerprint density at radius 1 is 1.29 bits per heavy atom. The average Bonchev–Trinajstić information content (AvgIpc) is 3.01. The van der Waals surface area contributed by atoms with E-state index in [0.717, 1.165) is 18.2 Å². The van der Waals surface area contributed by atoms with Crippen LogP contribution in [0.15, 0.2) is 18.3 Å². The van der Waals surface area contributed by atoms with E-state index >= 15 is 0 Å². The molecule has 1 fully saturated rings. The summed E-state index contributed by atoms with van der Waals surface area (Å²) in [5, 5.41) is 9.87. The summed E-state index contributed by atoms with van der Waals surface area (Å²) in [6.07, 6.45) is 8.75. The normalized spacial score (nSPS) is 17.4. The first-order chi connectivity index (χ1) is 10.1. The van der Waals surface area contributed by atoms with Gasteiger partial charge in [-0.1, -0.05) is 33.6 Å². The smallest absolute Gasteiger partial charge is 0.0957 e. The highest BCUT2D eigenvalue weighted by atomic mass is 16.3. The van der Waals surface area contributed by atoms with Crippen molar-refractivity contribution in [3.8, 4) is 0 Å². The Morgan fingerprint density at radius 3 is 2.52 bits per heavy atom. The first-order valence-electron chi connectivity index (χ1n) is 8.52. The van der Waals surface area contributed by atoms with Crippen LogP contribution in [0.25, 0.3) is 0 Å². The number of hydrogen-bond acceptors (Lipinski definition) is 3. The molecule has 1 atom stereocenters. The summed E-state index contributed by atoms with van der Waals surface area (Å²) < 4.78 is 0. The van der Waals surface area contributed by atoms with Gasteiger partial charge in [0.15, 0.2) is 0 Å². The zero-order valence-electron chi connectivity index (χ0n) is 13.8. The van der Waals surface area contributed by atoms with E-state index in [0.29, 0.717) is 12.5 Å². The van der Waals surface area contributed by atoms with Gasteiger partial charge in [0.1, 0.15) is 0 Å². The van der Waals surface area contributed by atoms with Crippen LogP contribution in [-0.4, -0.2) is 22.7 Å². The number of aliphatic hydroxyl groups is 1.